The van der Waals surface area contributed by atoms with Crippen molar-refractivity contribution in [3.8, 4) is 0 Å². The summed E-state index contributed by atoms with van der Waals surface area (Å²) in [6, 6.07) is 10.7. The molecule has 0 saturated heterocycles. The minimum absolute atomic E-state index is 0.252. The highest BCUT2D eigenvalue weighted by Gasteiger charge is 2.06. The molecule has 1 amide bonds. The molecule has 1 aromatic heterocycles. The predicted octanol–water partition coefficient (Wildman–Crippen LogP) is 2.23. The summed E-state index contributed by atoms with van der Waals surface area (Å²) in [6.07, 6.45) is 0.607. The Balaban J connectivity index is 1.60. The van der Waals surface area contributed by atoms with Crippen LogP contribution in [0.25, 0.3) is 11.1 Å². The van der Waals surface area contributed by atoms with E-state index in [2.05, 4.69) is 10.3 Å². The molecule has 6 heteroatoms. The summed E-state index contributed by atoms with van der Waals surface area (Å²) in [5.41, 5.74) is 2.51. The summed E-state index contributed by atoms with van der Waals surface area (Å²) in [7, 11) is 0. The maximum Gasteiger partial charge on any atom is 0.417 e. The van der Waals surface area contributed by atoms with Gasteiger partial charge in [0.15, 0.2) is 5.58 Å². The molecule has 3 rings (SSSR count). The molecule has 0 saturated carbocycles. The van der Waals surface area contributed by atoms with Crippen LogP contribution in [0.15, 0.2) is 51.7 Å². The highest BCUT2D eigenvalue weighted by Crippen LogP contribution is 2.12. The minimum atomic E-state index is -0.489. The topological polar surface area (TPSA) is 75.1 Å². The van der Waals surface area contributed by atoms with Gasteiger partial charge >= 0.3 is 5.76 Å². The second-order valence-corrected chi connectivity index (χ2v) is 4.86. The molecule has 0 fully saturated rings. The lowest BCUT2D eigenvalue weighted by Crippen LogP contribution is -2.25. The number of aromatic amines is 1. The molecule has 3 aromatic rings. The van der Waals surface area contributed by atoms with Crippen LogP contribution in [0.1, 0.15) is 15.9 Å². The van der Waals surface area contributed by atoms with Crippen molar-refractivity contribution in [2.45, 2.75) is 6.42 Å². The molecule has 0 radical (unpaired) electrons. The molecule has 112 valence electrons. The first-order valence-electron chi connectivity index (χ1n) is 6.77. The van der Waals surface area contributed by atoms with Gasteiger partial charge in [-0.25, -0.2) is 9.18 Å². The average molecular weight is 300 g/mol. The Bertz CT molecular complexity index is 865. The predicted molar refractivity (Wildman–Crippen MR) is 79.3 cm³/mol. The number of carbonyl (C=O) groups is 1. The summed E-state index contributed by atoms with van der Waals surface area (Å²) >= 11 is 0. The van der Waals surface area contributed by atoms with E-state index in [0.717, 1.165) is 5.56 Å². The Labute approximate surface area is 124 Å². The fourth-order valence-corrected chi connectivity index (χ4v) is 2.18. The first-order chi connectivity index (χ1) is 10.6. The third-order valence-corrected chi connectivity index (χ3v) is 3.29. The van der Waals surface area contributed by atoms with Gasteiger partial charge in [0, 0.05) is 12.1 Å². The number of nitrogens with one attached hydrogen (secondary N) is 2. The largest absolute Gasteiger partial charge is 0.417 e. The smallest absolute Gasteiger partial charge is 0.408 e. The monoisotopic (exact) mass is 300 g/mol. The number of benzene rings is 2. The van der Waals surface area contributed by atoms with Crippen LogP contribution in [0.2, 0.25) is 0 Å². The van der Waals surface area contributed by atoms with Gasteiger partial charge in [0.2, 0.25) is 0 Å². The Morgan fingerprint density at radius 3 is 2.73 bits per heavy atom. The van der Waals surface area contributed by atoms with Gasteiger partial charge in [-0.2, -0.15) is 0 Å². The van der Waals surface area contributed by atoms with E-state index >= 15 is 0 Å². The van der Waals surface area contributed by atoms with Crippen LogP contribution in [0, 0.1) is 5.82 Å². The Hall–Kier alpha value is -2.89. The SMILES string of the molecule is O=C(NCCc1ccc2oc(=O)[nH]c2c1)c1ccc(F)cc1. The van der Waals surface area contributed by atoms with Crippen LogP contribution in [-0.2, 0) is 6.42 Å². The number of carbonyl (C=O) groups excluding carboxylic acids is 1. The van der Waals surface area contributed by atoms with Gasteiger partial charge in [-0.05, 0) is 48.4 Å². The zero-order chi connectivity index (χ0) is 15.5. The number of rotatable bonds is 4. The van der Waals surface area contributed by atoms with Gasteiger partial charge < -0.3 is 9.73 Å². The second kappa shape index (κ2) is 5.85. The van der Waals surface area contributed by atoms with Crippen LogP contribution in [0.4, 0.5) is 4.39 Å². The van der Waals surface area contributed by atoms with E-state index in [0.29, 0.717) is 29.6 Å². The van der Waals surface area contributed by atoms with Crippen molar-refractivity contribution in [3.63, 3.8) is 0 Å². The van der Waals surface area contributed by atoms with Crippen molar-refractivity contribution < 1.29 is 13.6 Å². The fourth-order valence-electron chi connectivity index (χ4n) is 2.18. The van der Waals surface area contributed by atoms with Crippen molar-refractivity contribution in [2.24, 2.45) is 0 Å². The van der Waals surface area contributed by atoms with E-state index in [4.69, 9.17) is 4.42 Å². The summed E-state index contributed by atoms with van der Waals surface area (Å²) < 4.78 is 17.7. The van der Waals surface area contributed by atoms with E-state index in [1.165, 1.54) is 24.3 Å². The Morgan fingerprint density at radius 2 is 1.95 bits per heavy atom. The van der Waals surface area contributed by atoms with Crippen molar-refractivity contribution in [1.82, 2.24) is 10.3 Å². The maximum absolute atomic E-state index is 12.8. The number of aromatic nitrogens is 1. The standard InChI is InChI=1S/C16H13FN2O3/c17-12-4-2-11(3-5-12)15(20)18-8-7-10-1-6-14-13(9-10)19-16(21)22-14/h1-6,9H,7-8H2,(H,18,20)(H,19,21). The minimum Gasteiger partial charge on any atom is -0.408 e. The zero-order valence-corrected chi connectivity index (χ0v) is 11.6. The summed E-state index contributed by atoms with van der Waals surface area (Å²) in [4.78, 5) is 25.5. The molecule has 0 atom stereocenters. The number of H-pyrrole nitrogens is 1. The molecule has 0 unspecified atom stereocenters. The van der Waals surface area contributed by atoms with E-state index in [1.54, 1.807) is 6.07 Å². The van der Waals surface area contributed by atoms with E-state index in [1.807, 2.05) is 12.1 Å². The summed E-state index contributed by atoms with van der Waals surface area (Å²) in [5.74, 6) is -1.12. The van der Waals surface area contributed by atoms with Crippen LogP contribution in [0.3, 0.4) is 0 Å². The summed E-state index contributed by atoms with van der Waals surface area (Å²) in [5, 5.41) is 2.76. The zero-order valence-electron chi connectivity index (χ0n) is 11.6. The quantitative estimate of drug-likeness (QED) is 0.776. The van der Waals surface area contributed by atoms with Gasteiger partial charge in [0.1, 0.15) is 5.82 Å². The van der Waals surface area contributed by atoms with E-state index in [9.17, 15) is 14.0 Å². The number of hydrogen-bond acceptors (Lipinski definition) is 3. The molecule has 0 bridgehead atoms. The van der Waals surface area contributed by atoms with Gasteiger partial charge in [0.05, 0.1) is 5.52 Å². The van der Waals surface area contributed by atoms with Gasteiger partial charge in [-0.1, -0.05) is 6.07 Å². The lowest BCUT2D eigenvalue weighted by atomic mass is 10.1. The van der Waals surface area contributed by atoms with E-state index in [-0.39, 0.29) is 11.7 Å². The molecule has 1 heterocycles. The number of halogens is 1. The number of amides is 1. The van der Waals surface area contributed by atoms with Gasteiger partial charge in [0.25, 0.3) is 5.91 Å². The molecular formula is C16H13FN2O3. The van der Waals surface area contributed by atoms with Crippen molar-refractivity contribution in [2.75, 3.05) is 6.54 Å². The molecule has 0 aliphatic heterocycles. The molecule has 2 N–H and O–H groups in total. The maximum atomic E-state index is 12.8. The molecule has 0 aliphatic rings. The number of fused-ring (bicyclic) bond motifs is 1. The first-order valence-corrected chi connectivity index (χ1v) is 6.77. The van der Waals surface area contributed by atoms with Crippen LogP contribution in [0.5, 0.6) is 0 Å². The molecule has 0 spiro atoms. The summed E-state index contributed by atoms with van der Waals surface area (Å²) in [6.45, 7) is 0.434. The van der Waals surface area contributed by atoms with Gasteiger partial charge in [-0.3, -0.25) is 9.78 Å². The molecule has 0 aliphatic carbocycles. The molecule has 22 heavy (non-hydrogen) atoms. The molecular weight excluding hydrogens is 287 g/mol. The van der Waals surface area contributed by atoms with Crippen molar-refractivity contribution >= 4 is 17.0 Å². The molecule has 2 aromatic carbocycles. The van der Waals surface area contributed by atoms with Crippen LogP contribution in [-0.4, -0.2) is 17.4 Å². The van der Waals surface area contributed by atoms with Gasteiger partial charge in [-0.15, -0.1) is 0 Å². The van der Waals surface area contributed by atoms with Crippen LogP contribution >= 0.6 is 0 Å². The first kappa shape index (κ1) is 14.1. The van der Waals surface area contributed by atoms with E-state index < -0.39 is 5.76 Å². The Kier molecular flexibility index (Phi) is 3.74. The Morgan fingerprint density at radius 1 is 1.18 bits per heavy atom. The number of oxazole rings is 1. The lowest BCUT2D eigenvalue weighted by molar-refractivity contribution is 0.0954. The number of hydrogen-bond donors (Lipinski definition) is 2. The van der Waals surface area contributed by atoms with Crippen molar-refractivity contribution in [3.05, 3.63) is 70.0 Å². The third-order valence-electron chi connectivity index (χ3n) is 3.29. The average Bonchev–Trinajstić information content (AvgIpc) is 2.87. The third kappa shape index (κ3) is 3.06. The van der Waals surface area contributed by atoms with Crippen LogP contribution < -0.4 is 11.1 Å². The normalized spacial score (nSPS) is 10.8. The fraction of sp³-hybridized carbons (Fsp3) is 0.125. The lowest BCUT2D eigenvalue weighted by Gasteiger charge is -2.05. The highest BCUT2D eigenvalue weighted by molar-refractivity contribution is 5.94. The second-order valence-electron chi connectivity index (χ2n) is 4.86. The highest BCUT2D eigenvalue weighted by atomic mass is 19.1. The molecule has 5 nitrogen and oxygen atoms in total. The van der Waals surface area contributed by atoms with Crippen molar-refractivity contribution in [1.29, 1.82) is 0 Å².